The van der Waals surface area contributed by atoms with Crippen LogP contribution in [0.1, 0.15) is 66.2 Å². The summed E-state index contributed by atoms with van der Waals surface area (Å²) in [5, 5.41) is 63.4. The third-order valence-corrected chi connectivity index (χ3v) is 11.9. The molecule has 43 heavy (non-hydrogen) atoms. The Kier molecular flexibility index (Phi) is 8.50. The summed E-state index contributed by atoms with van der Waals surface area (Å²) >= 11 is 0. The second-order valence-electron chi connectivity index (χ2n) is 14.3. The van der Waals surface area contributed by atoms with Crippen LogP contribution in [-0.4, -0.2) is 111 Å². The van der Waals surface area contributed by atoms with Gasteiger partial charge in [-0.3, -0.25) is 4.79 Å². The Balaban J connectivity index is 1.27. The molecule has 2 saturated heterocycles. The second-order valence-corrected chi connectivity index (χ2v) is 14.3. The van der Waals surface area contributed by atoms with Gasteiger partial charge in [-0.05, 0) is 74.7 Å². The fourth-order valence-corrected chi connectivity index (χ4v) is 9.46. The van der Waals surface area contributed by atoms with Crippen LogP contribution in [-0.2, 0) is 23.7 Å². The first-order valence-electron chi connectivity index (χ1n) is 15.8. The van der Waals surface area contributed by atoms with Crippen molar-refractivity contribution in [2.24, 2.45) is 28.6 Å². The van der Waals surface area contributed by atoms with E-state index >= 15 is 0 Å². The zero-order valence-corrected chi connectivity index (χ0v) is 25.4. The highest BCUT2D eigenvalue weighted by atomic mass is 16.8. The largest absolute Gasteiger partial charge is 0.393 e. The normalized spacial score (nSPS) is 53.3. The minimum Gasteiger partial charge on any atom is -0.393 e. The number of carbonyl (C=O) groups excluding carboxylic acids is 1. The molecule has 16 unspecified atom stereocenters. The van der Waals surface area contributed by atoms with E-state index in [2.05, 4.69) is 26.0 Å². The van der Waals surface area contributed by atoms with Gasteiger partial charge in [-0.1, -0.05) is 31.6 Å². The number of Topliss-reactive ketones (excluding diaryl/α,β-unsaturated/α-hetero) is 1. The summed E-state index contributed by atoms with van der Waals surface area (Å²) in [5.41, 5.74) is 1.49. The highest BCUT2D eigenvalue weighted by molar-refractivity contribution is 5.95. The lowest BCUT2D eigenvalue weighted by Crippen LogP contribution is -2.63. The monoisotopic (exact) mass is 608 g/mol. The fourth-order valence-electron chi connectivity index (χ4n) is 9.46. The van der Waals surface area contributed by atoms with Gasteiger partial charge in [-0.25, -0.2) is 0 Å². The molecule has 0 aromatic carbocycles. The Morgan fingerprint density at radius 2 is 1.67 bits per heavy atom. The first kappa shape index (κ1) is 31.7. The number of fused-ring (bicyclic) bond motifs is 5. The molecule has 2 heterocycles. The molecular formula is C32H48O11. The number of allylic oxidation sites excluding steroid dienone is 3. The predicted octanol–water partition coefficient (Wildman–Crippen LogP) is 0.721. The van der Waals surface area contributed by atoms with Crippen molar-refractivity contribution in [1.29, 1.82) is 0 Å². The van der Waals surface area contributed by atoms with Crippen LogP contribution in [0.25, 0.3) is 0 Å². The highest BCUT2D eigenvalue weighted by Gasteiger charge is 2.61. The maximum absolute atomic E-state index is 12.5. The van der Waals surface area contributed by atoms with Crippen LogP contribution in [0.2, 0.25) is 0 Å². The van der Waals surface area contributed by atoms with Crippen molar-refractivity contribution >= 4 is 5.78 Å². The summed E-state index contributed by atoms with van der Waals surface area (Å²) in [6.45, 7) is 7.40. The Bertz CT molecular complexity index is 1140. The van der Waals surface area contributed by atoms with E-state index in [-0.39, 0.29) is 23.7 Å². The third-order valence-electron chi connectivity index (χ3n) is 11.9. The predicted molar refractivity (Wildman–Crippen MR) is 151 cm³/mol. The van der Waals surface area contributed by atoms with Crippen LogP contribution < -0.4 is 0 Å². The minimum absolute atomic E-state index is 0.147. The van der Waals surface area contributed by atoms with Crippen molar-refractivity contribution in [2.45, 2.75) is 134 Å². The lowest BCUT2D eigenvalue weighted by atomic mass is 9.46. The number of carbonyl (C=O) groups is 1. The van der Waals surface area contributed by atoms with E-state index in [1.807, 2.05) is 0 Å². The molecule has 0 bridgehead atoms. The van der Waals surface area contributed by atoms with Crippen LogP contribution in [0.4, 0.5) is 0 Å². The second kappa shape index (κ2) is 11.5. The number of ketones is 1. The van der Waals surface area contributed by atoms with Crippen LogP contribution in [0.3, 0.4) is 0 Å². The summed E-state index contributed by atoms with van der Waals surface area (Å²) in [6.07, 6.45) is -4.28. The molecule has 2 saturated carbocycles. The molecule has 0 amide bonds. The first-order valence-corrected chi connectivity index (χ1v) is 15.8. The molecule has 0 radical (unpaired) electrons. The van der Waals surface area contributed by atoms with Crippen LogP contribution >= 0.6 is 0 Å². The van der Waals surface area contributed by atoms with Gasteiger partial charge in [0.2, 0.25) is 0 Å². The molecule has 0 aromatic rings. The Labute approximate surface area is 252 Å². The van der Waals surface area contributed by atoms with Gasteiger partial charge >= 0.3 is 0 Å². The van der Waals surface area contributed by atoms with E-state index < -0.39 is 72.9 Å². The summed E-state index contributed by atoms with van der Waals surface area (Å²) in [5.74, 6) is 1.05. The molecule has 4 fully saturated rings. The van der Waals surface area contributed by atoms with Crippen LogP contribution in [0.15, 0.2) is 23.3 Å². The molecule has 242 valence electrons. The smallest absolute Gasteiger partial charge is 0.187 e. The van der Waals surface area contributed by atoms with Crippen molar-refractivity contribution in [1.82, 2.24) is 0 Å². The molecular weight excluding hydrogens is 560 g/mol. The topological polar surface area (TPSA) is 175 Å². The van der Waals surface area contributed by atoms with E-state index in [9.17, 15) is 35.4 Å². The average Bonchev–Trinajstić information content (AvgIpc) is 3.32. The number of aliphatic hydroxyl groups is 6. The zero-order chi connectivity index (χ0) is 31.0. The number of hydrogen-bond donors (Lipinski definition) is 6. The fraction of sp³-hybridized carbons (Fsp3) is 0.844. The molecule has 6 aliphatic rings. The Hall–Kier alpha value is -1.25. The third kappa shape index (κ3) is 5.08. The number of rotatable bonds is 5. The molecule has 11 heteroatoms. The maximum Gasteiger partial charge on any atom is 0.187 e. The van der Waals surface area contributed by atoms with Crippen LogP contribution in [0.5, 0.6) is 0 Å². The molecule has 4 aliphatic carbocycles. The lowest BCUT2D eigenvalue weighted by molar-refractivity contribution is -0.362. The standard InChI is InChI=1S/C32H48O11/c1-14(33)19-7-8-20-18-6-5-16-11-17(34)12-23(32(16,4)21(18)9-10-31(19,20)3)42-30-28(25(37)22(35)13-40-30)43-29-27(39)26(38)24(36)15(2)41-29/h5,7,15,17-18,20-30,34-39H,6,8-13H2,1-4H3. The van der Waals surface area contributed by atoms with Crippen molar-refractivity contribution in [3.63, 3.8) is 0 Å². The molecule has 6 rings (SSSR count). The average molecular weight is 609 g/mol. The van der Waals surface area contributed by atoms with Gasteiger partial charge in [0.15, 0.2) is 18.4 Å². The van der Waals surface area contributed by atoms with Gasteiger partial charge < -0.3 is 49.6 Å². The quantitative estimate of drug-likeness (QED) is 0.243. The molecule has 2 aliphatic heterocycles. The molecule has 16 atom stereocenters. The van der Waals surface area contributed by atoms with Gasteiger partial charge in [-0.15, -0.1) is 0 Å². The SMILES string of the molecule is CC(=O)C1=CCC2C3CC=C4CC(O)CC(OC5OCC(O)C(O)C5OC5OC(C)C(O)C(O)C5O)C4(C)C3CCC12C. The first-order chi connectivity index (χ1) is 20.3. The van der Waals surface area contributed by atoms with Gasteiger partial charge in [-0.2, -0.15) is 0 Å². The molecule has 11 nitrogen and oxygen atoms in total. The van der Waals surface area contributed by atoms with Gasteiger partial charge in [0.1, 0.15) is 36.6 Å². The summed E-state index contributed by atoms with van der Waals surface area (Å²) < 4.78 is 24.1. The van der Waals surface area contributed by atoms with Crippen molar-refractivity contribution < 1.29 is 54.4 Å². The Morgan fingerprint density at radius 1 is 0.930 bits per heavy atom. The summed E-state index contributed by atoms with van der Waals surface area (Å²) in [6, 6.07) is 0. The van der Waals surface area contributed by atoms with E-state index in [1.54, 1.807) is 6.92 Å². The minimum atomic E-state index is -1.61. The zero-order valence-electron chi connectivity index (χ0n) is 25.4. The maximum atomic E-state index is 12.5. The van der Waals surface area contributed by atoms with Crippen LogP contribution in [0, 0.1) is 28.6 Å². The highest BCUT2D eigenvalue weighted by Crippen LogP contribution is 2.65. The molecule has 0 spiro atoms. The lowest BCUT2D eigenvalue weighted by Gasteiger charge is -2.60. The van der Waals surface area contributed by atoms with E-state index in [0.29, 0.717) is 24.7 Å². The summed E-state index contributed by atoms with van der Waals surface area (Å²) in [4.78, 5) is 12.5. The molecule has 6 N–H and O–H groups in total. The van der Waals surface area contributed by atoms with Gasteiger partial charge in [0.05, 0.1) is 24.9 Å². The van der Waals surface area contributed by atoms with Gasteiger partial charge in [0, 0.05) is 11.8 Å². The number of ether oxygens (including phenoxy) is 4. The number of aliphatic hydroxyl groups excluding tert-OH is 6. The van der Waals surface area contributed by atoms with E-state index in [4.69, 9.17) is 18.9 Å². The van der Waals surface area contributed by atoms with Crippen molar-refractivity contribution in [3.05, 3.63) is 23.3 Å². The summed E-state index contributed by atoms with van der Waals surface area (Å²) in [7, 11) is 0. The molecule has 0 aromatic heterocycles. The van der Waals surface area contributed by atoms with E-state index in [1.165, 1.54) is 6.92 Å². The van der Waals surface area contributed by atoms with Crippen molar-refractivity contribution in [3.8, 4) is 0 Å². The van der Waals surface area contributed by atoms with E-state index in [0.717, 1.165) is 36.8 Å². The number of hydrogen-bond acceptors (Lipinski definition) is 11. The van der Waals surface area contributed by atoms with Crippen molar-refractivity contribution in [2.75, 3.05) is 6.61 Å². The Morgan fingerprint density at radius 3 is 2.40 bits per heavy atom. The van der Waals surface area contributed by atoms with Gasteiger partial charge in [0.25, 0.3) is 0 Å².